The second-order valence-corrected chi connectivity index (χ2v) is 7.16. The third-order valence-corrected chi connectivity index (χ3v) is 4.95. The number of aromatic nitrogens is 1. The number of hydrogen-bond donors (Lipinski definition) is 2. The molecule has 0 aliphatic heterocycles. The van der Waals surface area contributed by atoms with Crippen LogP contribution in [0.4, 0.5) is 5.69 Å². The van der Waals surface area contributed by atoms with Crippen LogP contribution in [0.15, 0.2) is 42.5 Å². The summed E-state index contributed by atoms with van der Waals surface area (Å²) >= 11 is 0. The maximum atomic E-state index is 12.5. The number of carbonyl (C=O) groups excluding carboxylic acids is 3. The van der Waals surface area contributed by atoms with E-state index < -0.39 is 5.91 Å². The van der Waals surface area contributed by atoms with Crippen molar-refractivity contribution in [3.8, 4) is 0 Å². The lowest BCUT2D eigenvalue weighted by atomic mass is 10.1. The van der Waals surface area contributed by atoms with Gasteiger partial charge in [0.2, 0.25) is 0 Å². The first kappa shape index (κ1) is 19.7. The molecule has 1 heterocycles. The van der Waals surface area contributed by atoms with E-state index >= 15 is 0 Å². The van der Waals surface area contributed by atoms with E-state index in [-0.39, 0.29) is 29.1 Å². The fourth-order valence-corrected chi connectivity index (χ4v) is 3.35. The van der Waals surface area contributed by atoms with Crippen LogP contribution in [0, 0.1) is 0 Å². The number of ketones is 1. The summed E-state index contributed by atoms with van der Waals surface area (Å²) in [5.74, 6) is -0.682. The fourth-order valence-electron chi connectivity index (χ4n) is 3.35. The molecule has 3 rings (SSSR count). The van der Waals surface area contributed by atoms with E-state index in [2.05, 4.69) is 15.6 Å². The summed E-state index contributed by atoms with van der Waals surface area (Å²) in [5.41, 5.74) is 1.55. The van der Waals surface area contributed by atoms with Gasteiger partial charge < -0.3 is 10.6 Å². The smallest absolute Gasteiger partial charge is 0.274 e. The molecule has 6 nitrogen and oxygen atoms in total. The van der Waals surface area contributed by atoms with Crippen molar-refractivity contribution in [2.75, 3.05) is 5.32 Å². The highest BCUT2D eigenvalue weighted by Gasteiger charge is 2.18. The van der Waals surface area contributed by atoms with Gasteiger partial charge in [-0.25, -0.2) is 4.98 Å². The summed E-state index contributed by atoms with van der Waals surface area (Å²) < 4.78 is 0. The average Bonchev–Trinajstić information content (AvgIpc) is 2.97. The largest absolute Gasteiger partial charge is 0.348 e. The van der Waals surface area contributed by atoms with E-state index in [9.17, 15) is 14.4 Å². The van der Waals surface area contributed by atoms with Gasteiger partial charge >= 0.3 is 0 Å². The summed E-state index contributed by atoms with van der Waals surface area (Å²) in [4.78, 5) is 40.5. The van der Waals surface area contributed by atoms with Gasteiger partial charge in [0.15, 0.2) is 5.78 Å². The molecule has 1 aromatic carbocycles. The van der Waals surface area contributed by atoms with Crippen molar-refractivity contribution in [1.82, 2.24) is 10.3 Å². The minimum Gasteiger partial charge on any atom is -0.348 e. The van der Waals surface area contributed by atoms with Crippen molar-refractivity contribution >= 4 is 23.3 Å². The predicted molar refractivity (Wildman–Crippen MR) is 108 cm³/mol. The van der Waals surface area contributed by atoms with Crippen molar-refractivity contribution in [3.05, 3.63) is 59.4 Å². The highest BCUT2D eigenvalue weighted by molar-refractivity contribution is 6.04. The van der Waals surface area contributed by atoms with E-state index in [0.29, 0.717) is 11.3 Å². The zero-order valence-electron chi connectivity index (χ0n) is 16.0. The number of nitrogens with one attached hydrogen (secondary N) is 2. The maximum absolute atomic E-state index is 12.5. The Morgan fingerprint density at radius 2 is 1.46 bits per heavy atom. The molecule has 1 aliphatic carbocycles. The van der Waals surface area contributed by atoms with Gasteiger partial charge in [-0.1, -0.05) is 31.7 Å². The fraction of sp³-hybridized carbons (Fsp3) is 0.364. The van der Waals surface area contributed by atoms with Crippen LogP contribution in [0.3, 0.4) is 0 Å². The first-order valence-corrected chi connectivity index (χ1v) is 9.73. The number of Topliss-reactive ketones (excluding diaryl/α,β-unsaturated/α-hetero) is 1. The van der Waals surface area contributed by atoms with Gasteiger partial charge in [0.1, 0.15) is 11.4 Å². The average molecular weight is 379 g/mol. The zero-order chi connectivity index (χ0) is 19.9. The molecule has 6 heteroatoms. The Morgan fingerprint density at radius 1 is 0.857 bits per heavy atom. The third-order valence-electron chi connectivity index (χ3n) is 4.95. The number of carbonyl (C=O) groups is 3. The number of rotatable bonds is 5. The lowest BCUT2D eigenvalue weighted by molar-refractivity contribution is 0.0927. The molecule has 146 valence electrons. The van der Waals surface area contributed by atoms with Gasteiger partial charge in [-0.15, -0.1) is 0 Å². The van der Waals surface area contributed by atoms with Crippen molar-refractivity contribution < 1.29 is 14.4 Å². The number of amides is 2. The third kappa shape index (κ3) is 5.25. The van der Waals surface area contributed by atoms with Gasteiger partial charge in [-0.05, 0) is 56.2 Å². The van der Waals surface area contributed by atoms with Crippen LogP contribution in [0.1, 0.15) is 76.8 Å². The predicted octanol–water partition coefficient (Wildman–Crippen LogP) is 3.99. The molecule has 0 atom stereocenters. The van der Waals surface area contributed by atoms with Crippen LogP contribution >= 0.6 is 0 Å². The Labute approximate surface area is 164 Å². The van der Waals surface area contributed by atoms with E-state index in [0.717, 1.165) is 25.7 Å². The van der Waals surface area contributed by atoms with Crippen LogP contribution in [0.25, 0.3) is 0 Å². The van der Waals surface area contributed by atoms with E-state index in [4.69, 9.17) is 0 Å². The minimum atomic E-state index is -0.403. The molecule has 0 radical (unpaired) electrons. The normalized spacial score (nSPS) is 14.8. The Hall–Kier alpha value is -3.02. The molecule has 1 aliphatic rings. The molecule has 0 unspecified atom stereocenters. The van der Waals surface area contributed by atoms with E-state index in [1.165, 1.54) is 19.8 Å². The molecular formula is C22H25N3O3. The molecule has 1 aromatic heterocycles. The van der Waals surface area contributed by atoms with Gasteiger partial charge in [-0.3, -0.25) is 14.4 Å². The Balaban J connectivity index is 1.65. The van der Waals surface area contributed by atoms with Gasteiger partial charge in [0.05, 0.1) is 0 Å². The maximum Gasteiger partial charge on any atom is 0.274 e. The first-order chi connectivity index (χ1) is 13.5. The van der Waals surface area contributed by atoms with Crippen molar-refractivity contribution in [2.24, 2.45) is 0 Å². The highest BCUT2D eigenvalue weighted by Crippen LogP contribution is 2.17. The summed E-state index contributed by atoms with van der Waals surface area (Å²) in [6.07, 6.45) is 6.66. The molecule has 0 saturated heterocycles. The number of pyridine rings is 1. The topological polar surface area (TPSA) is 88.2 Å². The summed E-state index contributed by atoms with van der Waals surface area (Å²) in [6, 6.07) is 11.7. The molecule has 2 amide bonds. The molecular weight excluding hydrogens is 354 g/mol. The molecule has 1 fully saturated rings. The van der Waals surface area contributed by atoms with Crippen LogP contribution < -0.4 is 10.6 Å². The first-order valence-electron chi connectivity index (χ1n) is 9.73. The number of anilines is 1. The summed E-state index contributed by atoms with van der Waals surface area (Å²) in [5, 5.41) is 5.78. The van der Waals surface area contributed by atoms with Gasteiger partial charge in [0.25, 0.3) is 11.8 Å². The molecule has 2 aromatic rings. The quantitative estimate of drug-likeness (QED) is 0.607. The number of benzene rings is 1. The van der Waals surface area contributed by atoms with E-state index in [1.54, 1.807) is 42.5 Å². The SMILES string of the molecule is CC(=O)c1ccc(NC(=O)c2cccc(C(=O)NC3CCCCCC3)n2)cc1. The monoisotopic (exact) mass is 379 g/mol. The Kier molecular flexibility index (Phi) is 6.53. The Bertz CT molecular complexity index is 854. The van der Waals surface area contributed by atoms with Gasteiger partial charge in [-0.2, -0.15) is 0 Å². The number of hydrogen-bond acceptors (Lipinski definition) is 4. The minimum absolute atomic E-state index is 0.0353. The van der Waals surface area contributed by atoms with Crippen LogP contribution in [0.5, 0.6) is 0 Å². The second kappa shape index (κ2) is 9.26. The lowest BCUT2D eigenvalue weighted by Gasteiger charge is -2.16. The number of nitrogens with zero attached hydrogens (tertiary/aromatic N) is 1. The standard InChI is InChI=1S/C22H25N3O3/c1-15(26)16-11-13-18(14-12-16)24-22(28)20-10-6-9-19(25-20)21(27)23-17-7-4-2-3-5-8-17/h6,9-14,17H,2-5,7-8H2,1H3,(H,23,27)(H,24,28). The highest BCUT2D eigenvalue weighted by atomic mass is 16.2. The summed E-state index contributed by atoms with van der Waals surface area (Å²) in [6.45, 7) is 1.49. The van der Waals surface area contributed by atoms with Crippen LogP contribution in [-0.2, 0) is 0 Å². The Morgan fingerprint density at radius 3 is 2.07 bits per heavy atom. The molecule has 28 heavy (non-hydrogen) atoms. The molecule has 0 spiro atoms. The van der Waals surface area contributed by atoms with Crippen LogP contribution in [0.2, 0.25) is 0 Å². The molecule has 1 saturated carbocycles. The zero-order valence-corrected chi connectivity index (χ0v) is 16.0. The molecule has 0 bridgehead atoms. The van der Waals surface area contributed by atoms with Crippen molar-refractivity contribution in [3.63, 3.8) is 0 Å². The molecule has 2 N–H and O–H groups in total. The second-order valence-electron chi connectivity index (χ2n) is 7.16. The lowest BCUT2D eigenvalue weighted by Crippen LogP contribution is -2.35. The van der Waals surface area contributed by atoms with Crippen molar-refractivity contribution in [2.45, 2.75) is 51.5 Å². The van der Waals surface area contributed by atoms with E-state index in [1.807, 2.05) is 0 Å². The van der Waals surface area contributed by atoms with Gasteiger partial charge in [0, 0.05) is 17.3 Å². The summed E-state index contributed by atoms with van der Waals surface area (Å²) in [7, 11) is 0. The van der Waals surface area contributed by atoms with Crippen molar-refractivity contribution in [1.29, 1.82) is 0 Å². The van der Waals surface area contributed by atoms with Crippen LogP contribution in [-0.4, -0.2) is 28.6 Å².